The van der Waals surface area contributed by atoms with E-state index in [9.17, 15) is 0 Å². The zero-order valence-electron chi connectivity index (χ0n) is 11.2. The molecular weight excluding hydrogens is 260 g/mol. The first-order valence-corrected chi connectivity index (χ1v) is 6.86. The molecule has 0 aromatic heterocycles. The van der Waals surface area contributed by atoms with Crippen molar-refractivity contribution < 1.29 is 9.47 Å². The lowest BCUT2D eigenvalue weighted by molar-refractivity contribution is 0.00774. The highest BCUT2D eigenvalue weighted by Crippen LogP contribution is 2.13. The third-order valence-corrected chi connectivity index (χ3v) is 3.61. The van der Waals surface area contributed by atoms with E-state index in [4.69, 9.17) is 27.4 Å². The molecule has 1 saturated heterocycles. The van der Waals surface area contributed by atoms with E-state index in [0.29, 0.717) is 11.6 Å². The van der Waals surface area contributed by atoms with Crippen molar-refractivity contribution >= 4 is 17.2 Å². The summed E-state index contributed by atoms with van der Waals surface area (Å²) in [6.45, 7) is 3.43. The smallest absolute Gasteiger partial charge is 0.120 e. The van der Waals surface area contributed by atoms with Crippen LogP contribution in [0, 0.1) is 0 Å². The summed E-state index contributed by atoms with van der Waals surface area (Å²) in [7, 11) is 1.68. The predicted octanol–water partition coefficient (Wildman–Crippen LogP) is 1.22. The Labute approximate surface area is 119 Å². The minimum atomic E-state index is -0.0976. The van der Waals surface area contributed by atoms with Gasteiger partial charge in [0.25, 0.3) is 0 Å². The van der Waals surface area contributed by atoms with E-state index in [-0.39, 0.29) is 6.10 Å². The van der Waals surface area contributed by atoms with Gasteiger partial charge in [-0.15, -0.1) is 0 Å². The molecule has 104 valence electrons. The number of rotatable bonds is 5. The van der Waals surface area contributed by atoms with Gasteiger partial charge in [0.2, 0.25) is 0 Å². The maximum Gasteiger partial charge on any atom is 0.120 e. The van der Waals surface area contributed by atoms with Crippen molar-refractivity contribution in [1.82, 2.24) is 4.90 Å². The molecule has 1 aliphatic rings. The highest BCUT2D eigenvalue weighted by molar-refractivity contribution is 7.80. The van der Waals surface area contributed by atoms with Crippen LogP contribution in [0.5, 0.6) is 5.75 Å². The number of ether oxygens (including phenoxy) is 2. The molecule has 1 aliphatic heterocycles. The van der Waals surface area contributed by atoms with Crippen LogP contribution < -0.4 is 10.5 Å². The van der Waals surface area contributed by atoms with E-state index in [1.54, 1.807) is 7.11 Å². The van der Waals surface area contributed by atoms with E-state index < -0.39 is 0 Å². The van der Waals surface area contributed by atoms with Crippen molar-refractivity contribution in [1.29, 1.82) is 0 Å². The number of nitrogens with two attached hydrogens (primary N) is 1. The standard InChI is InChI=1S/C14H20N2O2S/c1-17-12-4-2-11(3-5-12)6-7-16-8-9-18-13(10-16)14(15)19/h2-5,13H,6-10H2,1H3,(H2,15,19). The topological polar surface area (TPSA) is 47.7 Å². The first-order valence-electron chi connectivity index (χ1n) is 6.45. The van der Waals surface area contributed by atoms with E-state index in [1.807, 2.05) is 12.1 Å². The van der Waals surface area contributed by atoms with Gasteiger partial charge in [-0.2, -0.15) is 0 Å². The molecule has 2 rings (SSSR count). The van der Waals surface area contributed by atoms with Crippen LogP contribution in [0.25, 0.3) is 0 Å². The summed E-state index contributed by atoms with van der Waals surface area (Å²) in [6.07, 6.45) is 0.910. The fourth-order valence-electron chi connectivity index (χ4n) is 2.16. The zero-order chi connectivity index (χ0) is 13.7. The maximum atomic E-state index is 5.63. The van der Waals surface area contributed by atoms with Crippen LogP contribution in [0.4, 0.5) is 0 Å². The monoisotopic (exact) mass is 280 g/mol. The van der Waals surface area contributed by atoms with Gasteiger partial charge in [0.15, 0.2) is 0 Å². The summed E-state index contributed by atoms with van der Waals surface area (Å²) in [6, 6.07) is 8.19. The van der Waals surface area contributed by atoms with E-state index in [0.717, 1.165) is 31.8 Å². The molecular formula is C14H20N2O2S. The second-order valence-corrected chi connectivity index (χ2v) is 5.13. The Bertz CT molecular complexity index is 422. The number of hydrogen-bond donors (Lipinski definition) is 1. The number of methoxy groups -OCH3 is 1. The predicted molar refractivity (Wildman–Crippen MR) is 79.7 cm³/mol. The number of hydrogen-bond acceptors (Lipinski definition) is 4. The second-order valence-electron chi connectivity index (χ2n) is 4.66. The molecule has 1 atom stereocenters. The van der Waals surface area contributed by atoms with E-state index >= 15 is 0 Å². The summed E-state index contributed by atoms with van der Waals surface area (Å²) in [5, 5.41) is 0. The Hall–Kier alpha value is -1.17. The van der Waals surface area contributed by atoms with Crippen LogP contribution in [0.3, 0.4) is 0 Å². The van der Waals surface area contributed by atoms with E-state index in [2.05, 4.69) is 17.0 Å². The lowest BCUT2D eigenvalue weighted by atomic mass is 10.1. The average molecular weight is 280 g/mol. The number of benzene rings is 1. The van der Waals surface area contributed by atoms with Crippen molar-refractivity contribution in [3.8, 4) is 5.75 Å². The highest BCUT2D eigenvalue weighted by Gasteiger charge is 2.21. The summed E-state index contributed by atoms with van der Waals surface area (Å²) in [5.41, 5.74) is 6.94. The summed E-state index contributed by atoms with van der Waals surface area (Å²) in [4.78, 5) is 2.80. The van der Waals surface area contributed by atoms with Gasteiger partial charge < -0.3 is 15.2 Å². The molecule has 0 saturated carbocycles. The minimum Gasteiger partial charge on any atom is -0.497 e. The molecule has 4 nitrogen and oxygen atoms in total. The zero-order valence-corrected chi connectivity index (χ0v) is 12.0. The molecule has 19 heavy (non-hydrogen) atoms. The fraction of sp³-hybridized carbons (Fsp3) is 0.500. The number of nitrogens with zero attached hydrogens (tertiary/aromatic N) is 1. The lowest BCUT2D eigenvalue weighted by Crippen LogP contribution is -2.48. The summed E-state index contributed by atoms with van der Waals surface area (Å²) >= 11 is 4.99. The van der Waals surface area contributed by atoms with Crippen LogP contribution in [0.15, 0.2) is 24.3 Å². The van der Waals surface area contributed by atoms with Crippen LogP contribution >= 0.6 is 12.2 Å². The van der Waals surface area contributed by atoms with Crippen molar-refractivity contribution in [2.24, 2.45) is 5.73 Å². The third-order valence-electron chi connectivity index (χ3n) is 3.34. The van der Waals surface area contributed by atoms with Gasteiger partial charge in [-0.1, -0.05) is 24.4 Å². The van der Waals surface area contributed by atoms with Gasteiger partial charge >= 0.3 is 0 Å². The fourth-order valence-corrected chi connectivity index (χ4v) is 2.30. The molecule has 1 fully saturated rings. The van der Waals surface area contributed by atoms with Gasteiger partial charge in [0.1, 0.15) is 16.8 Å². The third kappa shape index (κ3) is 4.16. The normalized spacial score (nSPS) is 20.2. The largest absolute Gasteiger partial charge is 0.497 e. The molecule has 0 amide bonds. The summed E-state index contributed by atoms with van der Waals surface area (Å²) < 4.78 is 10.7. The van der Waals surface area contributed by atoms with Gasteiger partial charge in [-0.3, -0.25) is 4.90 Å². The molecule has 0 aliphatic carbocycles. The van der Waals surface area contributed by atoms with Crippen LogP contribution in [0.2, 0.25) is 0 Å². The van der Waals surface area contributed by atoms with Crippen molar-refractivity contribution in [2.75, 3.05) is 33.4 Å². The van der Waals surface area contributed by atoms with Gasteiger partial charge in [-0.05, 0) is 24.1 Å². The molecule has 0 spiro atoms. The molecule has 1 aromatic rings. The second kappa shape index (κ2) is 6.84. The molecule has 2 N–H and O–H groups in total. The quantitative estimate of drug-likeness (QED) is 0.822. The van der Waals surface area contributed by atoms with Gasteiger partial charge in [0.05, 0.1) is 13.7 Å². The Balaban J connectivity index is 1.82. The Morgan fingerprint density at radius 2 is 2.21 bits per heavy atom. The molecule has 1 unspecified atom stereocenters. The molecule has 5 heteroatoms. The number of morpholine rings is 1. The lowest BCUT2D eigenvalue weighted by Gasteiger charge is -2.32. The summed E-state index contributed by atoms with van der Waals surface area (Å²) in [5.74, 6) is 0.892. The Morgan fingerprint density at radius 3 is 2.84 bits per heavy atom. The van der Waals surface area contributed by atoms with Crippen molar-refractivity contribution in [2.45, 2.75) is 12.5 Å². The number of thiocarbonyl (C=S) groups is 1. The maximum absolute atomic E-state index is 5.63. The van der Waals surface area contributed by atoms with Crippen molar-refractivity contribution in [3.63, 3.8) is 0 Å². The minimum absolute atomic E-state index is 0.0976. The van der Waals surface area contributed by atoms with Crippen LogP contribution in [-0.4, -0.2) is 49.3 Å². The Morgan fingerprint density at radius 1 is 1.47 bits per heavy atom. The Kier molecular flexibility index (Phi) is 5.13. The van der Waals surface area contributed by atoms with Crippen LogP contribution in [0.1, 0.15) is 5.56 Å². The van der Waals surface area contributed by atoms with Gasteiger partial charge in [-0.25, -0.2) is 0 Å². The average Bonchev–Trinajstić information content (AvgIpc) is 2.46. The molecule has 1 heterocycles. The SMILES string of the molecule is COc1ccc(CCN2CCOC(C(N)=S)C2)cc1. The molecule has 1 aromatic carbocycles. The highest BCUT2D eigenvalue weighted by atomic mass is 32.1. The van der Waals surface area contributed by atoms with Crippen LogP contribution in [-0.2, 0) is 11.2 Å². The van der Waals surface area contributed by atoms with Crippen molar-refractivity contribution in [3.05, 3.63) is 29.8 Å². The molecule has 0 bridgehead atoms. The van der Waals surface area contributed by atoms with Gasteiger partial charge in [0, 0.05) is 19.6 Å². The van der Waals surface area contributed by atoms with E-state index in [1.165, 1.54) is 5.56 Å². The first-order chi connectivity index (χ1) is 9.19. The molecule has 0 radical (unpaired) electrons. The first kappa shape index (κ1) is 14.2.